The Kier molecular flexibility index (Phi) is 7.46. The summed E-state index contributed by atoms with van der Waals surface area (Å²) >= 11 is 0. The molecule has 0 aliphatic carbocycles. The van der Waals surface area contributed by atoms with E-state index in [2.05, 4.69) is 5.32 Å². The Balaban J connectivity index is 2.32. The van der Waals surface area contributed by atoms with Gasteiger partial charge in [0.2, 0.25) is 5.91 Å². The van der Waals surface area contributed by atoms with Gasteiger partial charge in [0.05, 0.1) is 19.6 Å². The number of ether oxygens (including phenoxy) is 2. The fourth-order valence-corrected chi connectivity index (χ4v) is 1.75. The monoisotopic (exact) mass is 293 g/mol. The van der Waals surface area contributed by atoms with Crippen molar-refractivity contribution < 1.29 is 19.1 Å². The molecule has 21 heavy (non-hydrogen) atoms. The van der Waals surface area contributed by atoms with Gasteiger partial charge < -0.3 is 14.8 Å². The molecular formula is C16H23NO4. The Morgan fingerprint density at radius 1 is 1.19 bits per heavy atom. The number of carbonyl (C=O) groups is 2. The standard InChI is InChI=1S/C16H23NO4/c1-4-20-15(18)10-12(2)17-16(19)13(3)21-11-14-8-6-5-7-9-14/h5-9,12-13H,4,10-11H2,1-3H3,(H,17,19)/t12-,13+/m0/s1. The van der Waals surface area contributed by atoms with Crippen LogP contribution in [0.15, 0.2) is 30.3 Å². The van der Waals surface area contributed by atoms with Gasteiger partial charge in [-0.25, -0.2) is 0 Å². The van der Waals surface area contributed by atoms with Crippen LogP contribution >= 0.6 is 0 Å². The molecule has 0 heterocycles. The summed E-state index contributed by atoms with van der Waals surface area (Å²) in [5.41, 5.74) is 1.01. The second kappa shape index (κ2) is 9.13. The van der Waals surface area contributed by atoms with Gasteiger partial charge in [0, 0.05) is 6.04 Å². The van der Waals surface area contributed by atoms with E-state index in [0.29, 0.717) is 13.2 Å². The third-order valence-corrected chi connectivity index (χ3v) is 2.88. The van der Waals surface area contributed by atoms with Crippen LogP contribution in [-0.2, 0) is 25.7 Å². The molecule has 0 saturated heterocycles. The predicted molar refractivity (Wildman–Crippen MR) is 79.5 cm³/mol. The molecule has 0 fully saturated rings. The molecule has 0 aliphatic heterocycles. The Labute approximate surface area is 125 Å². The lowest BCUT2D eigenvalue weighted by Gasteiger charge is -2.17. The molecule has 1 rings (SSSR count). The lowest BCUT2D eigenvalue weighted by molar-refractivity contribution is -0.144. The molecule has 0 aromatic heterocycles. The third kappa shape index (κ3) is 6.90. The third-order valence-electron chi connectivity index (χ3n) is 2.88. The van der Waals surface area contributed by atoms with Crippen LogP contribution in [0.3, 0.4) is 0 Å². The van der Waals surface area contributed by atoms with Crippen molar-refractivity contribution in [3.8, 4) is 0 Å². The van der Waals surface area contributed by atoms with E-state index in [1.54, 1.807) is 20.8 Å². The average molecular weight is 293 g/mol. The van der Waals surface area contributed by atoms with E-state index >= 15 is 0 Å². The van der Waals surface area contributed by atoms with Crippen molar-refractivity contribution in [2.45, 2.75) is 45.9 Å². The first-order valence-corrected chi connectivity index (χ1v) is 7.14. The zero-order chi connectivity index (χ0) is 15.7. The largest absolute Gasteiger partial charge is 0.466 e. The molecule has 5 nitrogen and oxygen atoms in total. The molecule has 1 amide bonds. The zero-order valence-corrected chi connectivity index (χ0v) is 12.8. The molecule has 1 aromatic rings. The summed E-state index contributed by atoms with van der Waals surface area (Å²) in [6.45, 7) is 5.92. The van der Waals surface area contributed by atoms with Gasteiger partial charge in [-0.05, 0) is 26.3 Å². The number of benzene rings is 1. The summed E-state index contributed by atoms with van der Waals surface area (Å²) in [5.74, 6) is -0.550. The molecule has 0 bridgehead atoms. The fourth-order valence-electron chi connectivity index (χ4n) is 1.75. The smallest absolute Gasteiger partial charge is 0.307 e. The van der Waals surface area contributed by atoms with Crippen molar-refractivity contribution in [1.82, 2.24) is 5.32 Å². The molecule has 1 N–H and O–H groups in total. The van der Waals surface area contributed by atoms with E-state index < -0.39 is 6.10 Å². The summed E-state index contributed by atoms with van der Waals surface area (Å²) in [6, 6.07) is 9.37. The fraction of sp³-hybridized carbons (Fsp3) is 0.500. The first kappa shape index (κ1) is 17.2. The second-order valence-electron chi connectivity index (χ2n) is 4.86. The minimum absolute atomic E-state index is 0.158. The number of nitrogens with one attached hydrogen (secondary N) is 1. The van der Waals surface area contributed by atoms with Crippen molar-refractivity contribution >= 4 is 11.9 Å². The van der Waals surface area contributed by atoms with Crippen LogP contribution in [-0.4, -0.2) is 30.6 Å². The molecule has 2 atom stereocenters. The second-order valence-corrected chi connectivity index (χ2v) is 4.86. The van der Waals surface area contributed by atoms with E-state index in [1.807, 2.05) is 30.3 Å². The van der Waals surface area contributed by atoms with Crippen LogP contribution in [0.25, 0.3) is 0 Å². The molecule has 116 valence electrons. The predicted octanol–water partition coefficient (Wildman–Crippen LogP) is 2.05. The minimum atomic E-state index is -0.574. The van der Waals surface area contributed by atoms with Gasteiger partial charge in [0.1, 0.15) is 6.10 Å². The van der Waals surface area contributed by atoms with Crippen LogP contribution in [0.5, 0.6) is 0 Å². The van der Waals surface area contributed by atoms with E-state index in [4.69, 9.17) is 9.47 Å². The van der Waals surface area contributed by atoms with Crippen molar-refractivity contribution in [2.75, 3.05) is 6.61 Å². The van der Waals surface area contributed by atoms with E-state index in [-0.39, 0.29) is 24.3 Å². The number of rotatable bonds is 8. The first-order chi connectivity index (χ1) is 10.0. The molecule has 0 saturated carbocycles. The minimum Gasteiger partial charge on any atom is -0.466 e. The highest BCUT2D eigenvalue weighted by Gasteiger charge is 2.18. The summed E-state index contributed by atoms with van der Waals surface area (Å²) < 4.78 is 10.4. The summed E-state index contributed by atoms with van der Waals surface area (Å²) in [7, 11) is 0. The molecule has 0 unspecified atom stereocenters. The Hall–Kier alpha value is -1.88. The number of amides is 1. The van der Waals surface area contributed by atoms with Crippen LogP contribution in [0.4, 0.5) is 0 Å². The van der Waals surface area contributed by atoms with Crippen molar-refractivity contribution in [2.24, 2.45) is 0 Å². The summed E-state index contributed by atoms with van der Waals surface area (Å²) in [5, 5.41) is 2.74. The van der Waals surface area contributed by atoms with Gasteiger partial charge in [-0.3, -0.25) is 9.59 Å². The quantitative estimate of drug-likeness (QED) is 0.745. The average Bonchev–Trinajstić information content (AvgIpc) is 2.45. The normalized spacial score (nSPS) is 13.3. The summed E-state index contributed by atoms with van der Waals surface area (Å²) in [4.78, 5) is 23.2. The highest BCUT2D eigenvalue weighted by atomic mass is 16.5. The van der Waals surface area contributed by atoms with Crippen molar-refractivity contribution in [3.05, 3.63) is 35.9 Å². The van der Waals surface area contributed by atoms with Crippen molar-refractivity contribution in [3.63, 3.8) is 0 Å². The van der Waals surface area contributed by atoms with Crippen LogP contribution < -0.4 is 5.32 Å². The highest BCUT2D eigenvalue weighted by Crippen LogP contribution is 2.04. The van der Waals surface area contributed by atoms with E-state index in [0.717, 1.165) is 5.56 Å². The van der Waals surface area contributed by atoms with Gasteiger partial charge >= 0.3 is 5.97 Å². The van der Waals surface area contributed by atoms with E-state index in [9.17, 15) is 9.59 Å². The number of hydrogen-bond acceptors (Lipinski definition) is 4. The lowest BCUT2D eigenvalue weighted by Crippen LogP contribution is -2.41. The van der Waals surface area contributed by atoms with Crippen LogP contribution in [0, 0.1) is 0 Å². The van der Waals surface area contributed by atoms with E-state index in [1.165, 1.54) is 0 Å². The maximum atomic E-state index is 11.9. The number of hydrogen-bond donors (Lipinski definition) is 1. The van der Waals surface area contributed by atoms with Gasteiger partial charge in [-0.1, -0.05) is 30.3 Å². The number of esters is 1. The van der Waals surface area contributed by atoms with Crippen LogP contribution in [0.1, 0.15) is 32.8 Å². The Morgan fingerprint density at radius 2 is 1.86 bits per heavy atom. The zero-order valence-electron chi connectivity index (χ0n) is 12.8. The highest BCUT2D eigenvalue weighted by molar-refractivity contribution is 5.81. The van der Waals surface area contributed by atoms with Gasteiger partial charge in [-0.2, -0.15) is 0 Å². The maximum Gasteiger partial charge on any atom is 0.307 e. The SMILES string of the molecule is CCOC(=O)C[C@H](C)NC(=O)[C@@H](C)OCc1ccccc1. The Morgan fingerprint density at radius 3 is 2.48 bits per heavy atom. The molecule has 5 heteroatoms. The first-order valence-electron chi connectivity index (χ1n) is 7.14. The molecule has 0 spiro atoms. The topological polar surface area (TPSA) is 64.6 Å². The molecular weight excluding hydrogens is 270 g/mol. The number of carbonyl (C=O) groups excluding carboxylic acids is 2. The van der Waals surface area contributed by atoms with Gasteiger partial charge in [0.15, 0.2) is 0 Å². The van der Waals surface area contributed by atoms with Crippen molar-refractivity contribution in [1.29, 1.82) is 0 Å². The Bertz CT molecular complexity index is 447. The lowest BCUT2D eigenvalue weighted by atomic mass is 10.2. The molecule has 1 aromatic carbocycles. The molecule has 0 radical (unpaired) electrons. The van der Waals surface area contributed by atoms with Crippen LogP contribution in [0.2, 0.25) is 0 Å². The van der Waals surface area contributed by atoms with Gasteiger partial charge in [0.25, 0.3) is 0 Å². The molecule has 0 aliphatic rings. The summed E-state index contributed by atoms with van der Waals surface area (Å²) in [6.07, 6.45) is -0.416. The maximum absolute atomic E-state index is 11.9. The van der Waals surface area contributed by atoms with Gasteiger partial charge in [-0.15, -0.1) is 0 Å².